The lowest BCUT2D eigenvalue weighted by atomic mass is 9.59. The number of benzene rings is 1. The van der Waals surface area contributed by atoms with Gasteiger partial charge in [0.1, 0.15) is 12.2 Å². The molecule has 8 atom stereocenters. The number of hydrogen-bond acceptors (Lipinski definition) is 5. The number of rotatable bonds is 4. The molecule has 5 saturated heterocycles. The molecule has 5 aliphatic heterocycles. The molecule has 7 rings (SSSR count). The maximum Gasteiger partial charge on any atom is 0.108 e. The first-order valence-corrected chi connectivity index (χ1v) is 10.2. The van der Waals surface area contributed by atoms with Crippen molar-refractivity contribution in [3.8, 4) is 0 Å². The fourth-order valence-corrected chi connectivity index (χ4v) is 5.61. The Morgan fingerprint density at radius 3 is 2.67 bits per heavy atom. The summed E-state index contributed by atoms with van der Waals surface area (Å²) in [7, 11) is 0. The van der Waals surface area contributed by atoms with Crippen molar-refractivity contribution in [2.24, 2.45) is 5.92 Å². The molecule has 142 valence electrons. The molecule has 0 amide bonds. The van der Waals surface area contributed by atoms with Gasteiger partial charge in [-0.25, -0.2) is 0 Å². The maximum absolute atomic E-state index is 6.23. The van der Waals surface area contributed by atoms with E-state index < -0.39 is 0 Å². The number of ether oxygens (including phenoxy) is 5. The second kappa shape index (κ2) is 5.43. The van der Waals surface area contributed by atoms with Gasteiger partial charge < -0.3 is 23.7 Å². The fourth-order valence-electron chi connectivity index (χ4n) is 5.61. The highest BCUT2D eigenvalue weighted by atomic mass is 16.6. The van der Waals surface area contributed by atoms with E-state index in [1.54, 1.807) is 0 Å². The van der Waals surface area contributed by atoms with Crippen molar-refractivity contribution in [3.05, 3.63) is 41.0 Å². The molecule has 1 aliphatic carbocycles. The van der Waals surface area contributed by atoms with Crippen LogP contribution >= 0.6 is 0 Å². The summed E-state index contributed by atoms with van der Waals surface area (Å²) in [5.41, 5.74) is 4.03. The smallest absolute Gasteiger partial charge is 0.108 e. The monoisotopic (exact) mass is 368 g/mol. The van der Waals surface area contributed by atoms with Crippen molar-refractivity contribution in [3.63, 3.8) is 0 Å². The van der Waals surface area contributed by atoms with E-state index in [0.29, 0.717) is 31.3 Å². The van der Waals surface area contributed by atoms with Crippen LogP contribution in [0.1, 0.15) is 23.1 Å². The van der Waals surface area contributed by atoms with Crippen LogP contribution in [0.3, 0.4) is 0 Å². The molecule has 5 fully saturated rings. The summed E-state index contributed by atoms with van der Waals surface area (Å²) < 4.78 is 29.3. The zero-order chi connectivity index (χ0) is 17.6. The number of fused-ring (bicyclic) bond motifs is 7. The Morgan fingerprint density at radius 2 is 1.81 bits per heavy atom. The van der Waals surface area contributed by atoms with E-state index >= 15 is 0 Å². The van der Waals surface area contributed by atoms with Gasteiger partial charge in [-0.15, -0.1) is 0 Å². The van der Waals surface area contributed by atoms with Crippen molar-refractivity contribution in [1.82, 2.24) is 0 Å². The molecule has 5 nitrogen and oxygen atoms in total. The zero-order valence-corrected chi connectivity index (χ0v) is 15.2. The van der Waals surface area contributed by atoms with Crippen molar-refractivity contribution < 1.29 is 23.7 Å². The minimum Gasteiger partial charge on any atom is -0.376 e. The Kier molecular flexibility index (Phi) is 3.15. The molecule has 0 bridgehead atoms. The van der Waals surface area contributed by atoms with E-state index in [2.05, 4.69) is 30.4 Å². The highest BCUT2D eigenvalue weighted by molar-refractivity contribution is 5.63. The van der Waals surface area contributed by atoms with E-state index in [1.807, 2.05) is 0 Å². The topological polar surface area (TPSA) is 59.4 Å². The lowest BCUT2D eigenvalue weighted by molar-refractivity contribution is 0.102. The van der Waals surface area contributed by atoms with Crippen molar-refractivity contribution >= 4 is 6.08 Å². The van der Waals surface area contributed by atoms with Crippen molar-refractivity contribution in [1.29, 1.82) is 0 Å². The van der Waals surface area contributed by atoms with Gasteiger partial charge in [0.25, 0.3) is 0 Å². The summed E-state index contributed by atoms with van der Waals surface area (Å²) in [6.45, 7) is 3.13. The van der Waals surface area contributed by atoms with E-state index in [4.69, 9.17) is 23.7 Å². The molecule has 8 unspecified atom stereocenters. The fraction of sp³-hybridized carbons (Fsp3) is 0.636. The van der Waals surface area contributed by atoms with Crippen LogP contribution in [-0.2, 0) is 35.5 Å². The molecule has 5 heterocycles. The van der Waals surface area contributed by atoms with Gasteiger partial charge in [-0.05, 0) is 23.1 Å². The van der Waals surface area contributed by atoms with E-state index in [9.17, 15) is 0 Å². The van der Waals surface area contributed by atoms with Crippen LogP contribution < -0.4 is 0 Å². The Hall–Kier alpha value is -1.24. The third-order valence-corrected chi connectivity index (χ3v) is 7.16. The molecule has 0 radical (unpaired) electrons. The Labute approximate surface area is 158 Å². The van der Waals surface area contributed by atoms with E-state index in [-0.39, 0.29) is 29.8 Å². The summed E-state index contributed by atoms with van der Waals surface area (Å²) in [5, 5.41) is 0. The predicted molar refractivity (Wildman–Crippen MR) is 96.6 cm³/mol. The standard InChI is InChI=1S/C22H24O5/c1-3-16-13(5-12(1)6-14-8-24-14)2-4-17-20-18(26-20)10-23-11-19-21(27-19)22(16,17)7-15-9-25-15/h1-5,14-15,17-21H,6-11H2. The summed E-state index contributed by atoms with van der Waals surface area (Å²) >= 11 is 0. The van der Waals surface area contributed by atoms with E-state index in [0.717, 1.165) is 26.1 Å². The third-order valence-electron chi connectivity index (χ3n) is 7.16. The summed E-state index contributed by atoms with van der Waals surface area (Å²) in [6.07, 6.45) is 8.31. The highest BCUT2D eigenvalue weighted by Gasteiger charge is 2.66. The molecular formula is C22H24O5. The first kappa shape index (κ1) is 15.7. The average Bonchev–Trinajstić information content (AvgIpc) is 3.49. The number of epoxide rings is 4. The molecule has 0 N–H and O–H groups in total. The van der Waals surface area contributed by atoms with Gasteiger partial charge in [0.05, 0.1) is 50.8 Å². The molecule has 5 heteroatoms. The van der Waals surface area contributed by atoms with Gasteiger partial charge in [0.15, 0.2) is 0 Å². The largest absolute Gasteiger partial charge is 0.376 e. The summed E-state index contributed by atoms with van der Waals surface area (Å²) in [6, 6.07) is 6.99. The van der Waals surface area contributed by atoms with Crippen LogP contribution in [0.25, 0.3) is 6.08 Å². The average molecular weight is 368 g/mol. The lowest BCUT2D eigenvalue weighted by Gasteiger charge is -2.42. The molecule has 6 aliphatic rings. The Balaban J connectivity index is 1.35. The summed E-state index contributed by atoms with van der Waals surface area (Å²) in [5.74, 6) is 0.327. The number of hydrogen-bond donors (Lipinski definition) is 0. The maximum atomic E-state index is 6.23. The van der Waals surface area contributed by atoms with Crippen LogP contribution in [0.15, 0.2) is 24.3 Å². The minimum absolute atomic E-state index is 0.0718. The van der Waals surface area contributed by atoms with Crippen molar-refractivity contribution in [2.75, 3.05) is 26.4 Å². The predicted octanol–water partition coefficient (Wildman–Crippen LogP) is 1.86. The third kappa shape index (κ3) is 2.49. The second-order valence-corrected chi connectivity index (χ2v) is 8.94. The SMILES string of the molecule is C1=CC2C3OC3COCC3OC3C2(CC2CO2)c2ccc(CC3CO3)cc21. The van der Waals surface area contributed by atoms with Gasteiger partial charge in [-0.3, -0.25) is 0 Å². The highest BCUT2D eigenvalue weighted by Crippen LogP contribution is 2.58. The van der Waals surface area contributed by atoms with E-state index in [1.165, 1.54) is 16.7 Å². The first-order chi connectivity index (χ1) is 13.3. The van der Waals surface area contributed by atoms with Gasteiger partial charge in [0.2, 0.25) is 0 Å². The minimum atomic E-state index is -0.0718. The van der Waals surface area contributed by atoms with Gasteiger partial charge >= 0.3 is 0 Å². The van der Waals surface area contributed by atoms with Crippen LogP contribution in [0.2, 0.25) is 0 Å². The normalized spacial score (nSPS) is 48.1. The lowest BCUT2D eigenvalue weighted by Crippen LogP contribution is -2.46. The van der Waals surface area contributed by atoms with Crippen molar-refractivity contribution in [2.45, 2.75) is 54.9 Å². The molecular weight excluding hydrogens is 344 g/mol. The second-order valence-electron chi connectivity index (χ2n) is 8.94. The molecule has 0 aromatic heterocycles. The quantitative estimate of drug-likeness (QED) is 0.760. The molecule has 1 aromatic carbocycles. The van der Waals surface area contributed by atoms with Crippen LogP contribution in [0, 0.1) is 5.92 Å². The molecule has 1 aromatic rings. The first-order valence-electron chi connectivity index (χ1n) is 10.2. The van der Waals surface area contributed by atoms with Crippen LogP contribution in [-0.4, -0.2) is 63.1 Å². The van der Waals surface area contributed by atoms with Gasteiger partial charge in [-0.2, -0.15) is 0 Å². The Morgan fingerprint density at radius 1 is 0.963 bits per heavy atom. The van der Waals surface area contributed by atoms with Crippen LogP contribution in [0.4, 0.5) is 0 Å². The molecule has 0 saturated carbocycles. The molecule has 0 spiro atoms. The zero-order valence-electron chi connectivity index (χ0n) is 15.2. The summed E-state index contributed by atoms with van der Waals surface area (Å²) in [4.78, 5) is 0. The van der Waals surface area contributed by atoms with Gasteiger partial charge in [0, 0.05) is 17.8 Å². The molecule has 27 heavy (non-hydrogen) atoms. The Bertz CT molecular complexity index is 813. The van der Waals surface area contributed by atoms with Gasteiger partial charge in [-0.1, -0.05) is 30.4 Å². The van der Waals surface area contributed by atoms with Crippen LogP contribution in [0.5, 0.6) is 0 Å².